The van der Waals surface area contributed by atoms with Crippen LogP contribution in [-0.4, -0.2) is 13.0 Å². The Labute approximate surface area is 135 Å². The SMILES string of the molecule is Cc1ccc(C2(c3ccccc3)C(=O)N(C)c3ccccc32)o1. The van der Waals surface area contributed by atoms with Crippen LogP contribution in [0.4, 0.5) is 5.69 Å². The number of hydrogen-bond donors (Lipinski definition) is 0. The molecule has 0 saturated carbocycles. The Kier molecular flexibility index (Phi) is 2.91. The van der Waals surface area contributed by atoms with Gasteiger partial charge in [-0.05, 0) is 30.7 Å². The van der Waals surface area contributed by atoms with E-state index in [0.29, 0.717) is 5.76 Å². The van der Waals surface area contributed by atoms with Crippen molar-refractivity contribution in [1.82, 2.24) is 0 Å². The van der Waals surface area contributed by atoms with E-state index in [-0.39, 0.29) is 5.91 Å². The smallest absolute Gasteiger partial charge is 0.249 e. The standard InChI is InChI=1S/C20H17NO2/c1-14-12-13-18(23-14)20(15-8-4-3-5-9-15)16-10-6-7-11-17(16)21(2)19(20)22/h3-13H,1-2H3. The second-order valence-electron chi connectivity index (χ2n) is 5.91. The number of amides is 1. The molecule has 0 bridgehead atoms. The number of carbonyl (C=O) groups is 1. The number of fused-ring (bicyclic) bond motifs is 1. The Morgan fingerprint density at radius 1 is 0.913 bits per heavy atom. The van der Waals surface area contributed by atoms with Gasteiger partial charge in [0.25, 0.3) is 0 Å². The first kappa shape index (κ1) is 13.8. The summed E-state index contributed by atoms with van der Waals surface area (Å²) in [5, 5.41) is 0. The van der Waals surface area contributed by atoms with E-state index in [2.05, 4.69) is 0 Å². The summed E-state index contributed by atoms with van der Waals surface area (Å²) in [4.78, 5) is 15.1. The summed E-state index contributed by atoms with van der Waals surface area (Å²) in [5.74, 6) is 1.48. The van der Waals surface area contributed by atoms with Crippen LogP contribution in [0.15, 0.2) is 71.1 Å². The molecule has 0 radical (unpaired) electrons. The molecule has 0 aliphatic carbocycles. The number of likely N-dealkylation sites (N-methyl/N-ethyl adjacent to an activating group) is 1. The van der Waals surface area contributed by atoms with Gasteiger partial charge in [0.15, 0.2) is 5.41 Å². The molecule has 1 atom stereocenters. The Morgan fingerprint density at radius 3 is 2.30 bits per heavy atom. The summed E-state index contributed by atoms with van der Waals surface area (Å²) in [6.45, 7) is 1.90. The Bertz CT molecular complexity index is 881. The number of carbonyl (C=O) groups excluding carboxylic acids is 1. The van der Waals surface area contributed by atoms with Gasteiger partial charge in [-0.15, -0.1) is 0 Å². The van der Waals surface area contributed by atoms with Crippen molar-refractivity contribution in [1.29, 1.82) is 0 Å². The third-order valence-electron chi connectivity index (χ3n) is 4.61. The van der Waals surface area contributed by atoms with Crippen LogP contribution < -0.4 is 4.90 Å². The maximum atomic E-state index is 13.4. The summed E-state index contributed by atoms with van der Waals surface area (Å²) in [7, 11) is 1.82. The number of aryl methyl sites for hydroxylation is 1. The molecule has 3 heteroatoms. The molecule has 1 aromatic heterocycles. The van der Waals surface area contributed by atoms with Gasteiger partial charge in [-0.2, -0.15) is 0 Å². The van der Waals surface area contributed by atoms with Crippen molar-refractivity contribution in [2.75, 3.05) is 11.9 Å². The van der Waals surface area contributed by atoms with Gasteiger partial charge in [-0.25, -0.2) is 0 Å². The molecule has 114 valence electrons. The number of nitrogens with zero attached hydrogens (tertiary/aromatic N) is 1. The van der Waals surface area contributed by atoms with Crippen molar-refractivity contribution >= 4 is 11.6 Å². The highest BCUT2D eigenvalue weighted by atomic mass is 16.3. The first-order valence-corrected chi connectivity index (χ1v) is 7.66. The molecule has 0 fully saturated rings. The molecule has 2 aromatic carbocycles. The summed E-state index contributed by atoms with van der Waals surface area (Å²) >= 11 is 0. The molecule has 1 aliphatic rings. The van der Waals surface area contributed by atoms with Gasteiger partial charge in [-0.1, -0.05) is 48.5 Å². The van der Waals surface area contributed by atoms with E-state index < -0.39 is 5.41 Å². The molecular weight excluding hydrogens is 286 g/mol. The van der Waals surface area contributed by atoms with Crippen molar-refractivity contribution in [2.45, 2.75) is 12.3 Å². The van der Waals surface area contributed by atoms with E-state index in [9.17, 15) is 4.79 Å². The van der Waals surface area contributed by atoms with Gasteiger partial charge in [0.05, 0.1) is 0 Å². The van der Waals surface area contributed by atoms with Crippen LogP contribution in [0.3, 0.4) is 0 Å². The van der Waals surface area contributed by atoms with Crippen molar-refractivity contribution in [3.63, 3.8) is 0 Å². The fraction of sp³-hybridized carbons (Fsp3) is 0.150. The zero-order valence-electron chi connectivity index (χ0n) is 13.1. The molecule has 2 heterocycles. The van der Waals surface area contributed by atoms with Crippen molar-refractivity contribution in [3.05, 3.63) is 89.4 Å². The third kappa shape index (κ3) is 1.73. The molecule has 3 aromatic rings. The largest absolute Gasteiger partial charge is 0.465 e. The number of rotatable bonds is 2. The normalized spacial score (nSPS) is 19.9. The second-order valence-corrected chi connectivity index (χ2v) is 5.91. The Balaban J connectivity index is 2.11. The highest BCUT2D eigenvalue weighted by Gasteiger charge is 2.54. The van der Waals surface area contributed by atoms with E-state index in [0.717, 1.165) is 22.6 Å². The van der Waals surface area contributed by atoms with Crippen molar-refractivity contribution in [2.24, 2.45) is 0 Å². The second kappa shape index (κ2) is 4.85. The molecule has 3 nitrogen and oxygen atoms in total. The molecule has 23 heavy (non-hydrogen) atoms. The van der Waals surface area contributed by atoms with Gasteiger partial charge in [0.2, 0.25) is 5.91 Å². The Morgan fingerprint density at radius 2 is 1.61 bits per heavy atom. The minimum atomic E-state index is -0.916. The van der Waals surface area contributed by atoms with Crippen LogP contribution in [0, 0.1) is 6.92 Å². The fourth-order valence-corrected chi connectivity index (χ4v) is 3.54. The van der Waals surface area contributed by atoms with Gasteiger partial charge in [0, 0.05) is 18.3 Å². The number of benzene rings is 2. The van der Waals surface area contributed by atoms with Crippen LogP contribution in [0.1, 0.15) is 22.6 Å². The predicted octanol–water partition coefficient (Wildman–Crippen LogP) is 3.90. The van der Waals surface area contributed by atoms with E-state index >= 15 is 0 Å². The van der Waals surface area contributed by atoms with Crippen LogP contribution in [0.2, 0.25) is 0 Å². The van der Waals surface area contributed by atoms with E-state index in [1.54, 1.807) is 4.90 Å². The Hall–Kier alpha value is -2.81. The molecule has 0 saturated heterocycles. The summed E-state index contributed by atoms with van der Waals surface area (Å²) in [6.07, 6.45) is 0. The molecular formula is C20H17NO2. The van der Waals surface area contributed by atoms with Gasteiger partial charge < -0.3 is 9.32 Å². The first-order valence-electron chi connectivity index (χ1n) is 7.66. The summed E-state index contributed by atoms with van der Waals surface area (Å²) in [6, 6.07) is 21.6. The highest BCUT2D eigenvalue weighted by Crippen LogP contribution is 2.49. The zero-order chi connectivity index (χ0) is 16.0. The van der Waals surface area contributed by atoms with E-state index in [1.165, 1.54) is 0 Å². The van der Waals surface area contributed by atoms with Crippen LogP contribution in [-0.2, 0) is 10.2 Å². The fourth-order valence-electron chi connectivity index (χ4n) is 3.54. The maximum Gasteiger partial charge on any atom is 0.249 e. The lowest BCUT2D eigenvalue weighted by atomic mass is 9.73. The molecule has 1 unspecified atom stereocenters. The molecule has 1 aliphatic heterocycles. The number of hydrogen-bond acceptors (Lipinski definition) is 2. The summed E-state index contributed by atoms with van der Waals surface area (Å²) in [5.41, 5.74) is 1.90. The average Bonchev–Trinajstić information content (AvgIpc) is 3.11. The number of furan rings is 1. The quantitative estimate of drug-likeness (QED) is 0.719. The van der Waals surface area contributed by atoms with Gasteiger partial charge in [0.1, 0.15) is 11.5 Å². The molecule has 0 spiro atoms. The molecule has 1 amide bonds. The van der Waals surface area contributed by atoms with E-state index in [4.69, 9.17) is 4.42 Å². The number of para-hydroxylation sites is 1. The van der Waals surface area contributed by atoms with Crippen LogP contribution in [0.5, 0.6) is 0 Å². The van der Waals surface area contributed by atoms with Gasteiger partial charge >= 0.3 is 0 Å². The first-order chi connectivity index (χ1) is 11.2. The number of anilines is 1. The predicted molar refractivity (Wildman–Crippen MR) is 89.6 cm³/mol. The highest BCUT2D eigenvalue weighted by molar-refractivity contribution is 6.12. The lowest BCUT2D eigenvalue weighted by Gasteiger charge is -2.27. The minimum Gasteiger partial charge on any atom is -0.465 e. The molecule has 0 N–H and O–H groups in total. The van der Waals surface area contributed by atoms with Crippen molar-refractivity contribution in [3.8, 4) is 0 Å². The third-order valence-corrected chi connectivity index (χ3v) is 4.61. The van der Waals surface area contributed by atoms with E-state index in [1.807, 2.05) is 80.7 Å². The van der Waals surface area contributed by atoms with Crippen LogP contribution in [0.25, 0.3) is 0 Å². The average molecular weight is 303 g/mol. The van der Waals surface area contributed by atoms with Gasteiger partial charge in [-0.3, -0.25) is 4.79 Å². The lowest BCUT2D eigenvalue weighted by molar-refractivity contribution is -0.120. The topological polar surface area (TPSA) is 33.5 Å². The van der Waals surface area contributed by atoms with Crippen LogP contribution >= 0.6 is 0 Å². The summed E-state index contributed by atoms with van der Waals surface area (Å²) < 4.78 is 5.95. The monoisotopic (exact) mass is 303 g/mol. The maximum absolute atomic E-state index is 13.4. The zero-order valence-corrected chi connectivity index (χ0v) is 13.1. The molecule has 4 rings (SSSR count). The van der Waals surface area contributed by atoms with Crippen molar-refractivity contribution < 1.29 is 9.21 Å². The lowest BCUT2D eigenvalue weighted by Crippen LogP contribution is -2.40. The minimum absolute atomic E-state index is 0.0132.